The molecule has 3 N–H and O–H groups in total. The van der Waals surface area contributed by atoms with Crippen LogP contribution in [0.2, 0.25) is 0 Å². The number of aromatic carboxylic acids is 1. The van der Waals surface area contributed by atoms with Crippen LogP contribution >= 0.6 is 11.3 Å². The Hall–Kier alpha value is -3.72. The first-order chi connectivity index (χ1) is 16.2. The van der Waals surface area contributed by atoms with Gasteiger partial charge in [0.05, 0.1) is 17.5 Å². The SMILES string of the molecule is CC(=O)O.CCCCc1ncc(/C=C(\Cc2cccs2)C(=O)O)n1Cc1ccc(C(=O)O)cc1. The molecular weight excluding hydrogens is 456 g/mol. The van der Waals surface area contributed by atoms with Gasteiger partial charge in [0.15, 0.2) is 0 Å². The number of aliphatic carboxylic acids is 2. The van der Waals surface area contributed by atoms with Gasteiger partial charge in [-0.1, -0.05) is 31.5 Å². The number of hydrogen-bond acceptors (Lipinski definition) is 5. The van der Waals surface area contributed by atoms with E-state index in [1.165, 1.54) is 11.3 Å². The molecule has 2 aromatic heterocycles. The first-order valence-electron chi connectivity index (χ1n) is 10.7. The van der Waals surface area contributed by atoms with Gasteiger partial charge < -0.3 is 19.9 Å². The number of unbranched alkanes of at least 4 members (excludes halogenated alkanes) is 1. The number of nitrogens with zero attached hydrogens (tertiary/aromatic N) is 2. The monoisotopic (exact) mass is 484 g/mol. The molecule has 8 nitrogen and oxygen atoms in total. The fourth-order valence-electron chi connectivity index (χ4n) is 3.16. The minimum Gasteiger partial charge on any atom is -0.481 e. The normalized spacial score (nSPS) is 10.9. The average molecular weight is 485 g/mol. The lowest BCUT2D eigenvalue weighted by atomic mass is 10.1. The van der Waals surface area contributed by atoms with E-state index in [2.05, 4.69) is 11.9 Å². The van der Waals surface area contributed by atoms with Crippen molar-refractivity contribution in [1.82, 2.24) is 9.55 Å². The highest BCUT2D eigenvalue weighted by atomic mass is 32.1. The molecule has 0 atom stereocenters. The summed E-state index contributed by atoms with van der Waals surface area (Å²) in [6, 6.07) is 10.6. The first-order valence-corrected chi connectivity index (χ1v) is 11.6. The fraction of sp³-hybridized carbons (Fsp3) is 0.280. The van der Waals surface area contributed by atoms with Crippen molar-refractivity contribution in [1.29, 1.82) is 0 Å². The van der Waals surface area contributed by atoms with Gasteiger partial charge in [-0.2, -0.15) is 0 Å². The predicted molar refractivity (Wildman–Crippen MR) is 130 cm³/mol. The second-order valence-electron chi connectivity index (χ2n) is 7.54. The van der Waals surface area contributed by atoms with Crippen LogP contribution in [0.5, 0.6) is 0 Å². The number of hydrogen-bond donors (Lipinski definition) is 3. The molecule has 0 aliphatic carbocycles. The number of benzene rings is 1. The van der Waals surface area contributed by atoms with Crippen LogP contribution in [-0.4, -0.2) is 42.8 Å². The number of carboxylic acids is 3. The molecule has 2 heterocycles. The Morgan fingerprint density at radius 3 is 2.29 bits per heavy atom. The number of imidazole rings is 1. The van der Waals surface area contributed by atoms with Crippen LogP contribution in [0.1, 0.15) is 59.0 Å². The van der Waals surface area contributed by atoms with Crippen LogP contribution in [-0.2, 0) is 29.0 Å². The van der Waals surface area contributed by atoms with Gasteiger partial charge in [-0.3, -0.25) is 4.79 Å². The second kappa shape index (κ2) is 13.1. The predicted octanol–water partition coefficient (Wildman–Crippen LogP) is 4.84. The Labute approximate surface area is 201 Å². The third kappa shape index (κ3) is 8.32. The molecule has 0 aliphatic rings. The van der Waals surface area contributed by atoms with Crippen molar-refractivity contribution in [3.63, 3.8) is 0 Å². The van der Waals surface area contributed by atoms with Crippen molar-refractivity contribution in [2.24, 2.45) is 0 Å². The lowest BCUT2D eigenvalue weighted by Gasteiger charge is -2.12. The molecule has 0 aliphatic heterocycles. The number of aryl methyl sites for hydroxylation is 1. The van der Waals surface area contributed by atoms with Crippen LogP contribution < -0.4 is 0 Å². The van der Waals surface area contributed by atoms with E-state index >= 15 is 0 Å². The van der Waals surface area contributed by atoms with E-state index in [1.807, 2.05) is 22.1 Å². The molecule has 3 aromatic rings. The fourth-order valence-corrected chi connectivity index (χ4v) is 3.89. The van der Waals surface area contributed by atoms with E-state index in [1.54, 1.807) is 36.5 Å². The summed E-state index contributed by atoms with van der Waals surface area (Å²) in [5.74, 6) is -1.85. The highest BCUT2D eigenvalue weighted by molar-refractivity contribution is 7.09. The van der Waals surface area contributed by atoms with E-state index < -0.39 is 17.9 Å². The maximum atomic E-state index is 11.8. The first kappa shape index (κ1) is 26.5. The van der Waals surface area contributed by atoms with Crippen LogP contribution in [0, 0.1) is 0 Å². The van der Waals surface area contributed by atoms with E-state index in [4.69, 9.17) is 15.0 Å². The summed E-state index contributed by atoms with van der Waals surface area (Å²) in [4.78, 5) is 37.5. The van der Waals surface area contributed by atoms with Crippen LogP contribution in [0.3, 0.4) is 0 Å². The zero-order valence-electron chi connectivity index (χ0n) is 19.1. The van der Waals surface area contributed by atoms with E-state index in [9.17, 15) is 14.7 Å². The Balaban J connectivity index is 0.000000945. The van der Waals surface area contributed by atoms with Gasteiger partial charge in [-0.25, -0.2) is 14.6 Å². The van der Waals surface area contributed by atoms with Crippen LogP contribution in [0.4, 0.5) is 0 Å². The lowest BCUT2D eigenvalue weighted by molar-refractivity contribution is -0.134. The van der Waals surface area contributed by atoms with Crippen molar-refractivity contribution >= 4 is 35.3 Å². The third-order valence-electron chi connectivity index (χ3n) is 4.81. The molecule has 3 rings (SSSR count). The molecule has 9 heteroatoms. The van der Waals surface area contributed by atoms with Crippen LogP contribution in [0.25, 0.3) is 6.08 Å². The minimum absolute atomic E-state index is 0.236. The molecule has 0 fully saturated rings. The third-order valence-corrected chi connectivity index (χ3v) is 5.68. The largest absolute Gasteiger partial charge is 0.481 e. The Kier molecular flexibility index (Phi) is 10.2. The van der Waals surface area contributed by atoms with Crippen molar-refractivity contribution in [2.45, 2.75) is 46.1 Å². The molecule has 0 radical (unpaired) electrons. The molecule has 0 saturated heterocycles. The van der Waals surface area contributed by atoms with Gasteiger partial charge in [0, 0.05) is 36.8 Å². The quantitative estimate of drug-likeness (QED) is 0.351. The summed E-state index contributed by atoms with van der Waals surface area (Å²) in [5.41, 5.74) is 2.21. The van der Waals surface area contributed by atoms with E-state index in [-0.39, 0.29) is 5.56 Å². The summed E-state index contributed by atoms with van der Waals surface area (Å²) >= 11 is 1.53. The summed E-state index contributed by atoms with van der Waals surface area (Å²) < 4.78 is 2.02. The summed E-state index contributed by atoms with van der Waals surface area (Å²) in [6.07, 6.45) is 6.58. The van der Waals surface area contributed by atoms with Crippen molar-refractivity contribution in [3.8, 4) is 0 Å². The molecule has 34 heavy (non-hydrogen) atoms. The minimum atomic E-state index is -0.962. The highest BCUT2D eigenvalue weighted by Crippen LogP contribution is 2.20. The van der Waals surface area contributed by atoms with E-state index in [0.29, 0.717) is 18.5 Å². The molecule has 1 aromatic carbocycles. The Bertz CT molecular complexity index is 1130. The number of carbonyl (C=O) groups is 3. The van der Waals surface area contributed by atoms with Gasteiger partial charge >= 0.3 is 11.9 Å². The molecule has 0 saturated carbocycles. The molecular formula is C25H28N2O6S. The zero-order valence-corrected chi connectivity index (χ0v) is 19.9. The zero-order chi connectivity index (χ0) is 25.1. The summed E-state index contributed by atoms with van der Waals surface area (Å²) in [6.45, 7) is 3.69. The topological polar surface area (TPSA) is 130 Å². The summed E-state index contributed by atoms with van der Waals surface area (Å²) in [5, 5.41) is 28.1. The van der Waals surface area contributed by atoms with Crippen molar-refractivity contribution in [2.75, 3.05) is 0 Å². The van der Waals surface area contributed by atoms with Crippen molar-refractivity contribution < 1.29 is 29.7 Å². The number of thiophene rings is 1. The van der Waals surface area contributed by atoms with E-state index in [0.717, 1.165) is 48.1 Å². The molecule has 0 bridgehead atoms. The number of rotatable bonds is 10. The van der Waals surface area contributed by atoms with Gasteiger partial charge in [-0.05, 0) is 41.6 Å². The number of carboxylic acid groups (broad SMARTS) is 3. The van der Waals surface area contributed by atoms with Gasteiger partial charge in [0.2, 0.25) is 0 Å². The molecule has 0 spiro atoms. The Morgan fingerprint density at radius 2 is 1.76 bits per heavy atom. The van der Waals surface area contributed by atoms with Gasteiger partial charge in [0.1, 0.15) is 5.82 Å². The smallest absolute Gasteiger partial charge is 0.335 e. The standard InChI is InChI=1S/C23H24N2O4S.C2H4O2/c1-2-3-6-21-24-14-19(12-18(23(28)29)13-20-5-4-11-30-20)25(21)15-16-7-9-17(10-8-16)22(26)27;1-2(3)4/h4-5,7-12,14H,2-3,6,13,15H2,1H3,(H,26,27)(H,28,29);1H3,(H,3,4)/b18-12+;. The maximum absolute atomic E-state index is 11.8. The van der Waals surface area contributed by atoms with Gasteiger partial charge in [0.25, 0.3) is 5.97 Å². The molecule has 0 amide bonds. The highest BCUT2D eigenvalue weighted by Gasteiger charge is 2.14. The second-order valence-corrected chi connectivity index (χ2v) is 8.57. The maximum Gasteiger partial charge on any atom is 0.335 e. The molecule has 180 valence electrons. The van der Waals surface area contributed by atoms with Crippen LogP contribution in [0.15, 0.2) is 53.5 Å². The average Bonchev–Trinajstić information content (AvgIpc) is 3.42. The molecule has 0 unspecified atom stereocenters. The lowest BCUT2D eigenvalue weighted by Crippen LogP contribution is -2.09. The van der Waals surface area contributed by atoms with Gasteiger partial charge in [-0.15, -0.1) is 11.3 Å². The Morgan fingerprint density at radius 1 is 1.09 bits per heavy atom. The number of aromatic nitrogens is 2. The van der Waals surface area contributed by atoms with Crippen molar-refractivity contribution in [3.05, 3.63) is 81.1 Å². The summed E-state index contributed by atoms with van der Waals surface area (Å²) in [7, 11) is 0.